The monoisotopic (exact) mass is 399 g/mol. The van der Waals surface area contributed by atoms with Crippen molar-refractivity contribution >= 4 is 29.0 Å². The van der Waals surface area contributed by atoms with Gasteiger partial charge < -0.3 is 10.2 Å². The Morgan fingerprint density at radius 2 is 1.89 bits per heavy atom. The van der Waals surface area contributed by atoms with Crippen molar-refractivity contribution in [3.8, 4) is 0 Å². The van der Waals surface area contributed by atoms with E-state index in [2.05, 4.69) is 36.5 Å². The quantitative estimate of drug-likeness (QED) is 0.410. The van der Waals surface area contributed by atoms with Gasteiger partial charge in [-0.1, -0.05) is 29.8 Å². The third kappa shape index (κ3) is 5.25. The first-order chi connectivity index (χ1) is 13.5. The van der Waals surface area contributed by atoms with Gasteiger partial charge in [0.25, 0.3) is 11.6 Å². The zero-order valence-corrected chi connectivity index (χ0v) is 16.8. The van der Waals surface area contributed by atoms with E-state index in [4.69, 9.17) is 0 Å². The number of thioether (sulfide) groups is 1. The average molecular weight is 400 g/mol. The summed E-state index contributed by atoms with van der Waals surface area (Å²) >= 11 is 1.75. The minimum absolute atomic E-state index is 0.00305. The average Bonchev–Trinajstić information content (AvgIpc) is 3.23. The molecule has 1 amide bonds. The maximum atomic E-state index is 12.4. The normalized spacial score (nSPS) is 13.5. The number of nitrogens with one attached hydrogen (secondary N) is 1. The van der Waals surface area contributed by atoms with Gasteiger partial charge in [0, 0.05) is 42.8 Å². The third-order valence-corrected chi connectivity index (χ3v) is 5.83. The van der Waals surface area contributed by atoms with E-state index in [1.165, 1.54) is 17.2 Å². The van der Waals surface area contributed by atoms with E-state index < -0.39 is 4.92 Å². The zero-order valence-electron chi connectivity index (χ0n) is 16.0. The van der Waals surface area contributed by atoms with E-state index in [9.17, 15) is 14.9 Å². The van der Waals surface area contributed by atoms with Crippen molar-refractivity contribution in [1.29, 1.82) is 0 Å². The van der Waals surface area contributed by atoms with Gasteiger partial charge in [-0.25, -0.2) is 0 Å². The van der Waals surface area contributed by atoms with Crippen molar-refractivity contribution in [2.24, 2.45) is 0 Å². The van der Waals surface area contributed by atoms with Crippen molar-refractivity contribution in [1.82, 2.24) is 5.32 Å². The van der Waals surface area contributed by atoms with Crippen molar-refractivity contribution < 1.29 is 9.72 Å². The van der Waals surface area contributed by atoms with Crippen molar-refractivity contribution in [2.45, 2.75) is 25.5 Å². The lowest BCUT2D eigenvalue weighted by Crippen LogP contribution is -2.26. The van der Waals surface area contributed by atoms with Crippen LogP contribution in [0, 0.1) is 17.0 Å². The molecule has 1 saturated heterocycles. The Labute approximate surface area is 169 Å². The second-order valence-electron chi connectivity index (χ2n) is 6.95. The van der Waals surface area contributed by atoms with Crippen LogP contribution in [0.3, 0.4) is 0 Å². The predicted molar refractivity (Wildman–Crippen MR) is 114 cm³/mol. The van der Waals surface area contributed by atoms with Crippen molar-refractivity contribution in [3.63, 3.8) is 0 Å². The van der Waals surface area contributed by atoms with Gasteiger partial charge in [0.05, 0.1) is 4.92 Å². The number of anilines is 1. The third-order valence-electron chi connectivity index (χ3n) is 4.80. The Bertz CT molecular complexity index is 833. The molecule has 1 heterocycles. The molecule has 1 fully saturated rings. The number of nitro groups is 1. The van der Waals surface area contributed by atoms with E-state index >= 15 is 0 Å². The fourth-order valence-electron chi connectivity index (χ4n) is 3.25. The number of hydrogen-bond acceptors (Lipinski definition) is 5. The highest BCUT2D eigenvalue weighted by molar-refractivity contribution is 7.98. The summed E-state index contributed by atoms with van der Waals surface area (Å²) in [4.78, 5) is 25.4. The molecule has 1 aliphatic heterocycles. The molecule has 0 saturated carbocycles. The van der Waals surface area contributed by atoms with Gasteiger partial charge in [0.1, 0.15) is 5.69 Å². The summed E-state index contributed by atoms with van der Waals surface area (Å²) in [5, 5.41) is 14.3. The predicted octanol–water partition coefficient (Wildman–Crippen LogP) is 4.17. The van der Waals surface area contributed by atoms with Crippen LogP contribution in [0.25, 0.3) is 0 Å². The number of nitrogens with zero attached hydrogens (tertiary/aromatic N) is 2. The maximum Gasteiger partial charge on any atom is 0.293 e. The summed E-state index contributed by atoms with van der Waals surface area (Å²) in [5.74, 6) is 1.41. The van der Waals surface area contributed by atoms with Crippen LogP contribution >= 0.6 is 11.8 Å². The Kier molecular flexibility index (Phi) is 6.92. The number of hydrogen-bond donors (Lipinski definition) is 1. The highest BCUT2D eigenvalue weighted by atomic mass is 32.2. The molecule has 0 aromatic heterocycles. The second-order valence-corrected chi connectivity index (χ2v) is 8.05. The van der Waals surface area contributed by atoms with E-state index in [0.29, 0.717) is 17.8 Å². The van der Waals surface area contributed by atoms with Crippen LogP contribution in [-0.2, 0) is 5.75 Å². The van der Waals surface area contributed by atoms with Gasteiger partial charge in [-0.15, -0.1) is 0 Å². The number of nitro benzene ring substituents is 1. The Morgan fingerprint density at radius 1 is 1.18 bits per heavy atom. The minimum Gasteiger partial charge on any atom is -0.366 e. The molecule has 2 aromatic rings. The number of aryl methyl sites for hydroxylation is 1. The van der Waals surface area contributed by atoms with Crippen LogP contribution in [0.2, 0.25) is 0 Å². The lowest BCUT2D eigenvalue weighted by Gasteiger charge is -2.17. The van der Waals surface area contributed by atoms with Gasteiger partial charge >= 0.3 is 0 Å². The van der Waals surface area contributed by atoms with Gasteiger partial charge in [-0.3, -0.25) is 14.9 Å². The first-order valence-corrected chi connectivity index (χ1v) is 10.6. The second kappa shape index (κ2) is 9.59. The van der Waals surface area contributed by atoms with Crippen LogP contribution in [0.15, 0.2) is 42.5 Å². The minimum atomic E-state index is -0.401. The molecule has 148 valence electrons. The summed E-state index contributed by atoms with van der Waals surface area (Å²) < 4.78 is 0. The number of carbonyl (C=O) groups is 1. The maximum absolute atomic E-state index is 12.4. The Hall–Kier alpha value is -2.54. The zero-order chi connectivity index (χ0) is 19.9. The molecule has 0 atom stereocenters. The van der Waals surface area contributed by atoms with Gasteiger partial charge in [-0.2, -0.15) is 11.8 Å². The van der Waals surface area contributed by atoms with Crippen LogP contribution in [0.5, 0.6) is 0 Å². The number of amides is 1. The SMILES string of the molecule is Cc1ccc(CSCCNC(=O)c2ccc(N3CCCC3)c([N+](=O)[O-])c2)cc1. The summed E-state index contributed by atoms with van der Waals surface area (Å²) in [6.45, 7) is 4.24. The lowest BCUT2D eigenvalue weighted by molar-refractivity contribution is -0.384. The number of carbonyl (C=O) groups excluding carboxylic acids is 1. The standard InChI is InChI=1S/C21H25N3O3S/c1-16-4-6-17(7-5-16)15-28-13-10-22-21(25)18-8-9-19(20(14-18)24(26)27)23-11-2-3-12-23/h4-9,14H,2-3,10-13,15H2,1H3,(H,22,25). The molecule has 1 aliphatic rings. The Morgan fingerprint density at radius 3 is 2.57 bits per heavy atom. The summed E-state index contributed by atoms with van der Waals surface area (Å²) in [7, 11) is 0. The van der Waals surface area contributed by atoms with Crippen LogP contribution < -0.4 is 10.2 Å². The molecule has 0 bridgehead atoms. The van der Waals surface area contributed by atoms with E-state index in [1.807, 2.05) is 4.90 Å². The fourth-order valence-corrected chi connectivity index (χ4v) is 4.07. The topological polar surface area (TPSA) is 75.5 Å². The Balaban J connectivity index is 1.51. The molecule has 0 radical (unpaired) electrons. The van der Waals surface area contributed by atoms with Crippen molar-refractivity contribution in [2.75, 3.05) is 30.3 Å². The number of benzene rings is 2. The summed E-state index contributed by atoms with van der Waals surface area (Å²) in [6, 6.07) is 13.2. The smallest absolute Gasteiger partial charge is 0.293 e. The molecule has 2 aromatic carbocycles. The molecule has 28 heavy (non-hydrogen) atoms. The highest BCUT2D eigenvalue weighted by Gasteiger charge is 2.23. The summed E-state index contributed by atoms with van der Waals surface area (Å²) in [6.07, 6.45) is 2.08. The molecular formula is C21H25N3O3S. The molecule has 7 heteroatoms. The molecule has 1 N–H and O–H groups in total. The van der Waals surface area contributed by atoms with E-state index in [0.717, 1.165) is 37.4 Å². The van der Waals surface area contributed by atoms with Crippen LogP contribution in [0.1, 0.15) is 34.3 Å². The number of rotatable bonds is 8. The molecule has 0 unspecified atom stereocenters. The van der Waals surface area contributed by atoms with Crippen LogP contribution in [0.4, 0.5) is 11.4 Å². The molecule has 0 aliphatic carbocycles. The molecule has 0 spiro atoms. The largest absolute Gasteiger partial charge is 0.366 e. The first-order valence-electron chi connectivity index (χ1n) is 9.49. The van der Waals surface area contributed by atoms with E-state index in [-0.39, 0.29) is 11.6 Å². The highest BCUT2D eigenvalue weighted by Crippen LogP contribution is 2.31. The van der Waals surface area contributed by atoms with Crippen LogP contribution in [-0.4, -0.2) is 36.2 Å². The lowest BCUT2D eigenvalue weighted by atomic mass is 10.1. The van der Waals surface area contributed by atoms with Gasteiger partial charge in [-0.05, 0) is 37.5 Å². The van der Waals surface area contributed by atoms with Gasteiger partial charge in [0.15, 0.2) is 0 Å². The first kappa shape index (κ1) is 20.2. The molecular weight excluding hydrogens is 374 g/mol. The van der Waals surface area contributed by atoms with Gasteiger partial charge in [0.2, 0.25) is 0 Å². The molecule has 3 rings (SSSR count). The molecule has 6 nitrogen and oxygen atoms in total. The van der Waals surface area contributed by atoms with E-state index in [1.54, 1.807) is 23.9 Å². The van der Waals surface area contributed by atoms with Crippen molar-refractivity contribution in [3.05, 3.63) is 69.3 Å². The fraction of sp³-hybridized carbons (Fsp3) is 0.381. The summed E-state index contributed by atoms with van der Waals surface area (Å²) in [5.41, 5.74) is 3.44.